The van der Waals surface area contributed by atoms with Crippen molar-refractivity contribution in [3.63, 3.8) is 0 Å². The number of carboxylic acids is 1. The molecule has 2 N–H and O–H groups in total. The van der Waals surface area contributed by atoms with E-state index in [4.69, 9.17) is 5.11 Å². The van der Waals surface area contributed by atoms with Crippen LogP contribution in [0.25, 0.3) is 0 Å². The fraction of sp³-hybridized carbons (Fsp3) is 0.300. The molecule has 5 nitrogen and oxygen atoms in total. The van der Waals surface area contributed by atoms with Crippen molar-refractivity contribution in [3.05, 3.63) is 29.6 Å². The van der Waals surface area contributed by atoms with Crippen LogP contribution in [0.1, 0.15) is 12.0 Å². The molecular formula is C10H9F4NO4S. The molecule has 0 atom stereocenters. The summed E-state index contributed by atoms with van der Waals surface area (Å²) < 4.78 is 75.1. The number of hydrogen-bond donors (Lipinski definition) is 2. The van der Waals surface area contributed by atoms with Gasteiger partial charge in [0.05, 0.1) is 23.4 Å². The third kappa shape index (κ3) is 4.68. The molecule has 0 aromatic heterocycles. The molecular weight excluding hydrogens is 306 g/mol. The van der Waals surface area contributed by atoms with Crippen LogP contribution in [0.4, 0.5) is 23.2 Å². The highest BCUT2D eigenvalue weighted by atomic mass is 32.2. The largest absolute Gasteiger partial charge is 0.481 e. The Morgan fingerprint density at radius 3 is 2.40 bits per heavy atom. The first-order valence-electron chi connectivity index (χ1n) is 5.10. The van der Waals surface area contributed by atoms with E-state index >= 15 is 0 Å². The molecule has 1 rings (SSSR count). The molecule has 0 spiro atoms. The third-order valence-corrected chi connectivity index (χ3v) is 3.41. The summed E-state index contributed by atoms with van der Waals surface area (Å²) in [4.78, 5) is 10.2. The van der Waals surface area contributed by atoms with Crippen molar-refractivity contribution < 1.29 is 35.9 Å². The highest BCUT2D eigenvalue weighted by Crippen LogP contribution is 2.35. The molecule has 0 amide bonds. The normalized spacial score (nSPS) is 12.2. The van der Waals surface area contributed by atoms with E-state index in [2.05, 4.69) is 0 Å². The van der Waals surface area contributed by atoms with E-state index in [1.807, 2.05) is 0 Å². The average Bonchev–Trinajstić information content (AvgIpc) is 2.27. The van der Waals surface area contributed by atoms with E-state index in [9.17, 15) is 30.8 Å². The van der Waals surface area contributed by atoms with Crippen molar-refractivity contribution >= 4 is 21.7 Å². The van der Waals surface area contributed by atoms with E-state index in [0.717, 1.165) is 0 Å². The number of halogens is 4. The third-order valence-electron chi connectivity index (χ3n) is 2.14. The Kier molecular flexibility index (Phi) is 4.58. The van der Waals surface area contributed by atoms with Gasteiger partial charge in [0.15, 0.2) is 0 Å². The SMILES string of the molecule is O=C(O)CCS(=O)(=O)Nc1ccc(F)cc1C(F)(F)F. The minimum absolute atomic E-state index is 0.148. The van der Waals surface area contributed by atoms with Crippen molar-refractivity contribution in [1.29, 1.82) is 0 Å². The minimum Gasteiger partial charge on any atom is -0.481 e. The van der Waals surface area contributed by atoms with Crippen LogP contribution in [0.5, 0.6) is 0 Å². The lowest BCUT2D eigenvalue weighted by atomic mass is 10.2. The van der Waals surface area contributed by atoms with Gasteiger partial charge in [-0.15, -0.1) is 0 Å². The number of nitrogens with one attached hydrogen (secondary N) is 1. The van der Waals surface area contributed by atoms with Gasteiger partial charge in [0.1, 0.15) is 5.82 Å². The second kappa shape index (κ2) is 5.65. The van der Waals surface area contributed by atoms with Crippen LogP contribution in [0, 0.1) is 5.82 Å². The van der Waals surface area contributed by atoms with E-state index < -0.39 is 51.4 Å². The average molecular weight is 315 g/mol. The van der Waals surface area contributed by atoms with Gasteiger partial charge in [0.25, 0.3) is 0 Å². The quantitative estimate of drug-likeness (QED) is 0.815. The molecule has 0 heterocycles. The van der Waals surface area contributed by atoms with Gasteiger partial charge in [-0.1, -0.05) is 0 Å². The molecule has 0 fully saturated rings. The summed E-state index contributed by atoms with van der Waals surface area (Å²) in [5.41, 5.74) is -2.35. The smallest absolute Gasteiger partial charge is 0.418 e. The van der Waals surface area contributed by atoms with Crippen LogP contribution in [-0.2, 0) is 21.0 Å². The number of rotatable bonds is 5. The molecule has 0 aliphatic carbocycles. The van der Waals surface area contributed by atoms with Crippen molar-refractivity contribution in [3.8, 4) is 0 Å². The summed E-state index contributed by atoms with van der Waals surface area (Å²) in [5, 5.41) is 8.34. The lowest BCUT2D eigenvalue weighted by Crippen LogP contribution is -2.21. The van der Waals surface area contributed by atoms with Crippen molar-refractivity contribution in [2.24, 2.45) is 0 Å². The molecule has 0 radical (unpaired) electrons. The fourth-order valence-electron chi connectivity index (χ4n) is 1.28. The van der Waals surface area contributed by atoms with Crippen LogP contribution in [-0.4, -0.2) is 25.2 Å². The standard InChI is InChI=1S/C10H9F4NO4S/c11-6-1-2-8(7(5-6)10(12,13)14)15-20(18,19)4-3-9(16)17/h1-2,5,15H,3-4H2,(H,16,17). The molecule has 0 saturated heterocycles. The number of sulfonamides is 1. The van der Waals surface area contributed by atoms with Gasteiger partial charge in [-0.3, -0.25) is 9.52 Å². The Balaban J connectivity index is 3.06. The molecule has 1 aromatic carbocycles. The summed E-state index contributed by atoms with van der Waals surface area (Å²) in [5.74, 6) is -3.48. The van der Waals surface area contributed by atoms with Crippen molar-refractivity contribution in [1.82, 2.24) is 0 Å². The zero-order valence-electron chi connectivity index (χ0n) is 9.74. The number of aliphatic carboxylic acids is 1. The highest BCUT2D eigenvalue weighted by Gasteiger charge is 2.35. The molecule has 0 aliphatic heterocycles. The van der Waals surface area contributed by atoms with Crippen LogP contribution in [0.2, 0.25) is 0 Å². The van der Waals surface area contributed by atoms with Crippen LogP contribution in [0.3, 0.4) is 0 Å². The summed E-state index contributed by atoms with van der Waals surface area (Å²) in [6.45, 7) is 0. The Morgan fingerprint density at radius 1 is 1.30 bits per heavy atom. The second-order valence-electron chi connectivity index (χ2n) is 3.75. The lowest BCUT2D eigenvalue weighted by Gasteiger charge is -2.14. The first kappa shape index (κ1) is 16.2. The van der Waals surface area contributed by atoms with Crippen LogP contribution >= 0.6 is 0 Å². The van der Waals surface area contributed by atoms with Gasteiger partial charge in [-0.25, -0.2) is 12.8 Å². The Bertz CT molecular complexity index is 612. The molecule has 1 aromatic rings. The van der Waals surface area contributed by atoms with Crippen molar-refractivity contribution in [2.75, 3.05) is 10.5 Å². The number of benzene rings is 1. The van der Waals surface area contributed by atoms with E-state index in [0.29, 0.717) is 12.1 Å². The maximum atomic E-state index is 12.8. The minimum atomic E-state index is -4.95. The number of carboxylic acid groups (broad SMARTS) is 1. The Morgan fingerprint density at radius 2 is 1.90 bits per heavy atom. The maximum absolute atomic E-state index is 12.8. The highest BCUT2D eigenvalue weighted by molar-refractivity contribution is 7.92. The molecule has 0 bridgehead atoms. The molecule has 0 saturated carbocycles. The van der Waals surface area contributed by atoms with E-state index in [-0.39, 0.29) is 6.07 Å². The molecule has 10 heteroatoms. The second-order valence-corrected chi connectivity index (χ2v) is 5.59. The van der Waals surface area contributed by atoms with Gasteiger partial charge >= 0.3 is 12.1 Å². The number of carbonyl (C=O) groups is 1. The van der Waals surface area contributed by atoms with Gasteiger partial charge in [0.2, 0.25) is 10.0 Å². The molecule has 20 heavy (non-hydrogen) atoms. The van der Waals surface area contributed by atoms with Gasteiger partial charge < -0.3 is 5.11 Å². The first-order chi connectivity index (χ1) is 9.01. The topological polar surface area (TPSA) is 83.5 Å². The zero-order chi connectivity index (χ0) is 15.6. The van der Waals surface area contributed by atoms with Gasteiger partial charge in [0, 0.05) is 0 Å². The predicted octanol–water partition coefficient (Wildman–Crippen LogP) is 2.06. The van der Waals surface area contributed by atoms with Gasteiger partial charge in [-0.05, 0) is 18.2 Å². The van der Waals surface area contributed by atoms with E-state index in [1.54, 1.807) is 4.72 Å². The Hall–Kier alpha value is -1.84. The molecule has 112 valence electrons. The van der Waals surface area contributed by atoms with Crippen LogP contribution in [0.15, 0.2) is 18.2 Å². The molecule has 0 aliphatic rings. The monoisotopic (exact) mass is 315 g/mol. The number of alkyl halides is 3. The predicted molar refractivity (Wildman–Crippen MR) is 61.1 cm³/mol. The summed E-state index contributed by atoms with van der Waals surface area (Å²) >= 11 is 0. The Labute approximate surface area is 111 Å². The zero-order valence-corrected chi connectivity index (χ0v) is 10.6. The van der Waals surface area contributed by atoms with Gasteiger partial charge in [-0.2, -0.15) is 13.2 Å². The van der Waals surface area contributed by atoms with Crippen LogP contribution < -0.4 is 4.72 Å². The summed E-state index contributed by atoms with van der Waals surface area (Å²) in [7, 11) is -4.28. The first-order valence-corrected chi connectivity index (χ1v) is 6.75. The fourth-order valence-corrected chi connectivity index (χ4v) is 2.34. The number of anilines is 1. The summed E-state index contributed by atoms with van der Waals surface area (Å²) in [6.07, 6.45) is -5.72. The lowest BCUT2D eigenvalue weighted by molar-refractivity contribution is -0.137. The summed E-state index contributed by atoms with van der Waals surface area (Å²) in [6, 6.07) is 1.43. The number of hydrogen-bond acceptors (Lipinski definition) is 3. The van der Waals surface area contributed by atoms with Crippen molar-refractivity contribution in [2.45, 2.75) is 12.6 Å². The maximum Gasteiger partial charge on any atom is 0.418 e. The van der Waals surface area contributed by atoms with E-state index in [1.165, 1.54) is 0 Å². The molecule has 0 unspecified atom stereocenters.